The number of hydrogen-bond donors (Lipinski definition) is 3. The lowest BCUT2D eigenvalue weighted by Crippen LogP contribution is -2.20. The normalized spacial score (nSPS) is 11.5. The number of nitrogens with zero attached hydrogens (tertiary/aromatic N) is 4. The first-order valence-electron chi connectivity index (χ1n) is 6.96. The fourth-order valence-electron chi connectivity index (χ4n) is 1.88. The van der Waals surface area contributed by atoms with Gasteiger partial charge in [0.25, 0.3) is 0 Å². The van der Waals surface area contributed by atoms with Crippen LogP contribution >= 0.6 is 0 Å². The van der Waals surface area contributed by atoms with Gasteiger partial charge in [-0.25, -0.2) is 15.8 Å². The molecule has 114 valence electrons. The third-order valence-corrected chi connectivity index (χ3v) is 3.02. The lowest BCUT2D eigenvalue weighted by atomic mass is 9.96. The van der Waals surface area contributed by atoms with Gasteiger partial charge in [0.1, 0.15) is 17.5 Å². The van der Waals surface area contributed by atoms with Crippen LogP contribution < -0.4 is 16.6 Å². The van der Waals surface area contributed by atoms with E-state index in [0.717, 1.165) is 24.6 Å². The first-order valence-corrected chi connectivity index (χ1v) is 6.96. The Bertz CT molecular complexity index is 598. The predicted molar refractivity (Wildman–Crippen MR) is 83.9 cm³/mol. The third kappa shape index (κ3) is 4.16. The summed E-state index contributed by atoms with van der Waals surface area (Å²) in [5, 5.41) is 7.46. The largest absolute Gasteiger partial charge is 0.370 e. The summed E-state index contributed by atoms with van der Waals surface area (Å²) in [5.41, 5.74) is 3.64. The molecule has 0 aliphatic heterocycles. The molecule has 0 amide bonds. The van der Waals surface area contributed by atoms with Crippen LogP contribution in [0.2, 0.25) is 0 Å². The van der Waals surface area contributed by atoms with E-state index in [1.54, 1.807) is 10.7 Å². The maximum absolute atomic E-state index is 5.47. The van der Waals surface area contributed by atoms with Gasteiger partial charge in [0, 0.05) is 31.3 Å². The summed E-state index contributed by atoms with van der Waals surface area (Å²) in [5.74, 6) is 7.61. The van der Waals surface area contributed by atoms with Crippen LogP contribution in [0.3, 0.4) is 0 Å². The van der Waals surface area contributed by atoms with E-state index in [1.165, 1.54) is 5.56 Å². The fraction of sp³-hybridized carbons (Fsp3) is 0.500. The Kier molecular flexibility index (Phi) is 4.42. The topological polar surface area (TPSA) is 93.7 Å². The van der Waals surface area contributed by atoms with Crippen molar-refractivity contribution in [1.29, 1.82) is 0 Å². The molecule has 0 bridgehead atoms. The SMILES string of the molecule is Cn1cc(CCNc2cc(NN)nc(C(C)(C)C)n2)cn1. The Morgan fingerprint density at radius 1 is 1.24 bits per heavy atom. The van der Waals surface area contributed by atoms with Gasteiger partial charge in [0.15, 0.2) is 0 Å². The number of aryl methyl sites for hydroxylation is 1. The van der Waals surface area contributed by atoms with Crippen molar-refractivity contribution in [2.75, 3.05) is 17.3 Å². The molecule has 0 saturated carbocycles. The van der Waals surface area contributed by atoms with Crippen molar-refractivity contribution in [3.8, 4) is 0 Å². The molecule has 0 unspecified atom stereocenters. The summed E-state index contributed by atoms with van der Waals surface area (Å²) in [7, 11) is 1.91. The van der Waals surface area contributed by atoms with E-state index in [-0.39, 0.29) is 5.41 Å². The monoisotopic (exact) mass is 289 g/mol. The van der Waals surface area contributed by atoms with Crippen molar-refractivity contribution in [1.82, 2.24) is 19.7 Å². The minimum atomic E-state index is -0.132. The quantitative estimate of drug-likeness (QED) is 0.570. The molecule has 21 heavy (non-hydrogen) atoms. The zero-order chi connectivity index (χ0) is 15.5. The van der Waals surface area contributed by atoms with Crippen LogP contribution in [0.25, 0.3) is 0 Å². The van der Waals surface area contributed by atoms with E-state index in [9.17, 15) is 0 Å². The zero-order valence-electron chi connectivity index (χ0n) is 13.0. The molecule has 4 N–H and O–H groups in total. The Hall–Kier alpha value is -2.15. The van der Waals surface area contributed by atoms with E-state index in [1.807, 2.05) is 19.4 Å². The molecule has 7 heteroatoms. The number of nitrogen functional groups attached to an aromatic ring is 1. The van der Waals surface area contributed by atoms with Crippen molar-refractivity contribution >= 4 is 11.6 Å². The van der Waals surface area contributed by atoms with E-state index < -0.39 is 0 Å². The first-order chi connectivity index (χ1) is 9.88. The van der Waals surface area contributed by atoms with E-state index in [0.29, 0.717) is 5.82 Å². The van der Waals surface area contributed by atoms with Crippen molar-refractivity contribution < 1.29 is 0 Å². The molecule has 0 fully saturated rings. The van der Waals surface area contributed by atoms with Gasteiger partial charge in [-0.3, -0.25) is 4.68 Å². The van der Waals surface area contributed by atoms with Crippen molar-refractivity contribution in [3.63, 3.8) is 0 Å². The minimum absolute atomic E-state index is 0.132. The van der Waals surface area contributed by atoms with Gasteiger partial charge in [-0.15, -0.1) is 0 Å². The van der Waals surface area contributed by atoms with Crippen LogP contribution in [0, 0.1) is 0 Å². The Morgan fingerprint density at radius 2 is 1.95 bits per heavy atom. The van der Waals surface area contributed by atoms with Gasteiger partial charge >= 0.3 is 0 Å². The van der Waals surface area contributed by atoms with Gasteiger partial charge in [-0.05, 0) is 12.0 Å². The number of hydrogen-bond acceptors (Lipinski definition) is 6. The van der Waals surface area contributed by atoms with Crippen LogP contribution in [0.1, 0.15) is 32.2 Å². The molecule has 2 heterocycles. The van der Waals surface area contributed by atoms with Crippen LogP contribution in [0.4, 0.5) is 11.6 Å². The number of hydrazine groups is 1. The Morgan fingerprint density at radius 3 is 2.52 bits per heavy atom. The Balaban J connectivity index is 2.05. The average molecular weight is 289 g/mol. The van der Waals surface area contributed by atoms with E-state index in [4.69, 9.17) is 5.84 Å². The summed E-state index contributed by atoms with van der Waals surface area (Å²) in [4.78, 5) is 8.94. The molecular formula is C14H23N7. The molecule has 2 aromatic heterocycles. The molecule has 7 nitrogen and oxygen atoms in total. The smallest absolute Gasteiger partial charge is 0.145 e. The van der Waals surface area contributed by atoms with E-state index in [2.05, 4.69) is 46.6 Å². The van der Waals surface area contributed by atoms with Crippen molar-refractivity contribution in [2.24, 2.45) is 12.9 Å². The third-order valence-electron chi connectivity index (χ3n) is 3.02. The maximum Gasteiger partial charge on any atom is 0.145 e. The highest BCUT2D eigenvalue weighted by atomic mass is 15.3. The minimum Gasteiger partial charge on any atom is -0.370 e. The number of aromatic nitrogens is 4. The number of rotatable bonds is 5. The van der Waals surface area contributed by atoms with Crippen LogP contribution in [0.5, 0.6) is 0 Å². The Labute approximate surface area is 124 Å². The number of nitrogens with two attached hydrogens (primary N) is 1. The van der Waals surface area contributed by atoms with Crippen molar-refractivity contribution in [3.05, 3.63) is 29.8 Å². The summed E-state index contributed by atoms with van der Waals surface area (Å²) in [6, 6.07) is 1.80. The van der Waals surface area contributed by atoms with Crippen LogP contribution in [0.15, 0.2) is 18.5 Å². The molecule has 0 atom stereocenters. The van der Waals surface area contributed by atoms with Crippen LogP contribution in [-0.2, 0) is 18.9 Å². The van der Waals surface area contributed by atoms with Gasteiger partial charge in [-0.1, -0.05) is 20.8 Å². The second kappa shape index (κ2) is 6.09. The highest BCUT2D eigenvalue weighted by Crippen LogP contribution is 2.21. The predicted octanol–water partition coefficient (Wildman–Crippen LogP) is 1.45. The highest BCUT2D eigenvalue weighted by Gasteiger charge is 2.19. The second-order valence-electron chi connectivity index (χ2n) is 6.06. The molecule has 0 aromatic carbocycles. The molecule has 0 aliphatic carbocycles. The second-order valence-corrected chi connectivity index (χ2v) is 6.06. The molecule has 0 spiro atoms. The lowest BCUT2D eigenvalue weighted by Gasteiger charge is -2.18. The average Bonchev–Trinajstić information content (AvgIpc) is 2.83. The first kappa shape index (κ1) is 15.2. The lowest BCUT2D eigenvalue weighted by molar-refractivity contribution is 0.546. The summed E-state index contributed by atoms with van der Waals surface area (Å²) in [6.07, 6.45) is 4.76. The van der Waals surface area contributed by atoms with Gasteiger partial charge < -0.3 is 10.7 Å². The summed E-state index contributed by atoms with van der Waals surface area (Å²) < 4.78 is 1.80. The number of anilines is 2. The molecule has 0 saturated heterocycles. The van der Waals surface area contributed by atoms with E-state index >= 15 is 0 Å². The van der Waals surface area contributed by atoms with Crippen molar-refractivity contribution in [2.45, 2.75) is 32.6 Å². The molecule has 0 aliphatic rings. The maximum atomic E-state index is 5.47. The molecule has 0 radical (unpaired) electrons. The van der Waals surface area contributed by atoms with Gasteiger partial charge in [-0.2, -0.15) is 5.10 Å². The summed E-state index contributed by atoms with van der Waals surface area (Å²) in [6.45, 7) is 6.99. The fourth-order valence-corrected chi connectivity index (χ4v) is 1.88. The van der Waals surface area contributed by atoms with Gasteiger partial charge in [0.05, 0.1) is 6.20 Å². The summed E-state index contributed by atoms with van der Waals surface area (Å²) >= 11 is 0. The number of nitrogens with one attached hydrogen (secondary N) is 2. The molecular weight excluding hydrogens is 266 g/mol. The van der Waals surface area contributed by atoms with Gasteiger partial charge in [0.2, 0.25) is 0 Å². The molecule has 2 aromatic rings. The zero-order valence-corrected chi connectivity index (χ0v) is 13.0. The highest BCUT2D eigenvalue weighted by molar-refractivity contribution is 5.47. The molecule has 2 rings (SSSR count). The standard InChI is InChI=1S/C14H23N7/c1-14(2,3)13-18-11(7-12(19-13)20-15)16-6-5-10-8-17-21(4)9-10/h7-9H,5-6,15H2,1-4H3,(H2,16,18,19,20). The van der Waals surface area contributed by atoms with Crippen LogP contribution in [-0.4, -0.2) is 26.3 Å².